The molecule has 2 aromatic carbocycles. The highest BCUT2D eigenvalue weighted by molar-refractivity contribution is 5.75. The van der Waals surface area contributed by atoms with Gasteiger partial charge in [-0.25, -0.2) is 4.68 Å². The lowest BCUT2D eigenvalue weighted by molar-refractivity contribution is 0.408. The fourth-order valence-electron chi connectivity index (χ4n) is 3.84. The molecule has 3 heteroatoms. The molecular weight excluding hydrogens is 332 g/mol. The molecule has 0 fully saturated rings. The maximum Gasteiger partial charge on any atom is 0.122 e. The Balaban J connectivity index is 2.20. The molecule has 0 bridgehead atoms. The van der Waals surface area contributed by atoms with Crippen molar-refractivity contribution >= 4 is 0 Å². The van der Waals surface area contributed by atoms with Gasteiger partial charge >= 0.3 is 0 Å². The van der Waals surface area contributed by atoms with Crippen LogP contribution < -0.4 is 4.74 Å². The van der Waals surface area contributed by atoms with Crippen molar-refractivity contribution in [2.75, 3.05) is 7.11 Å². The third-order valence-electron chi connectivity index (χ3n) is 5.21. The predicted molar refractivity (Wildman–Crippen MR) is 113 cm³/mol. The Hall–Kier alpha value is -2.55. The molecule has 27 heavy (non-hydrogen) atoms. The molecule has 1 heterocycles. The van der Waals surface area contributed by atoms with E-state index in [4.69, 9.17) is 9.84 Å². The van der Waals surface area contributed by atoms with E-state index in [1.54, 1.807) is 7.11 Å². The number of hydrogen-bond donors (Lipinski definition) is 0. The summed E-state index contributed by atoms with van der Waals surface area (Å²) in [6.45, 7) is 13.1. The van der Waals surface area contributed by atoms with Gasteiger partial charge in [-0.3, -0.25) is 0 Å². The monoisotopic (exact) mass is 362 g/mol. The SMILES string of the molecule is COc1cccc(-c2c(C)nn(-c3cccc(C(C)C)c3)c2C)c1C(C)C. The van der Waals surface area contributed by atoms with E-state index in [1.807, 2.05) is 6.07 Å². The van der Waals surface area contributed by atoms with Crippen molar-refractivity contribution in [1.29, 1.82) is 0 Å². The summed E-state index contributed by atoms with van der Waals surface area (Å²) in [6, 6.07) is 15.0. The average molecular weight is 363 g/mol. The molecule has 0 aliphatic carbocycles. The molecule has 0 N–H and O–H groups in total. The van der Waals surface area contributed by atoms with Crippen LogP contribution in [0.2, 0.25) is 0 Å². The van der Waals surface area contributed by atoms with Crippen LogP contribution in [0.15, 0.2) is 42.5 Å². The van der Waals surface area contributed by atoms with Crippen molar-refractivity contribution in [3.63, 3.8) is 0 Å². The molecule has 0 radical (unpaired) electrons. The van der Waals surface area contributed by atoms with Crippen LogP contribution in [0, 0.1) is 13.8 Å². The summed E-state index contributed by atoms with van der Waals surface area (Å²) in [5, 5.41) is 4.89. The largest absolute Gasteiger partial charge is 0.496 e. The summed E-state index contributed by atoms with van der Waals surface area (Å²) in [5.41, 5.74) is 8.29. The van der Waals surface area contributed by atoms with Gasteiger partial charge in [0.15, 0.2) is 0 Å². The van der Waals surface area contributed by atoms with Crippen LogP contribution in [-0.2, 0) is 0 Å². The number of nitrogens with zero attached hydrogens (tertiary/aromatic N) is 2. The van der Waals surface area contributed by atoms with E-state index in [0.29, 0.717) is 11.8 Å². The minimum absolute atomic E-state index is 0.363. The molecule has 0 saturated heterocycles. The summed E-state index contributed by atoms with van der Waals surface area (Å²) in [7, 11) is 1.74. The van der Waals surface area contributed by atoms with Gasteiger partial charge in [0.25, 0.3) is 0 Å². The van der Waals surface area contributed by atoms with Gasteiger partial charge in [-0.1, -0.05) is 52.0 Å². The molecule has 1 aromatic heterocycles. The van der Waals surface area contributed by atoms with Crippen LogP contribution >= 0.6 is 0 Å². The number of benzene rings is 2. The highest BCUT2D eigenvalue weighted by Crippen LogP contribution is 2.39. The van der Waals surface area contributed by atoms with Crippen LogP contribution in [0.25, 0.3) is 16.8 Å². The van der Waals surface area contributed by atoms with Gasteiger partial charge in [0.1, 0.15) is 5.75 Å². The van der Waals surface area contributed by atoms with Gasteiger partial charge in [0.05, 0.1) is 18.5 Å². The standard InChI is InChI=1S/C24H30N2O/c1-15(2)19-10-8-11-20(14-19)26-18(6)24(17(5)25-26)21-12-9-13-22(27-7)23(21)16(3)4/h8-16H,1-7H3. The summed E-state index contributed by atoms with van der Waals surface area (Å²) >= 11 is 0. The van der Waals surface area contributed by atoms with Crippen LogP contribution in [-0.4, -0.2) is 16.9 Å². The lowest BCUT2D eigenvalue weighted by Gasteiger charge is -2.17. The first-order valence-corrected chi connectivity index (χ1v) is 9.69. The third kappa shape index (κ3) is 3.51. The van der Waals surface area contributed by atoms with Gasteiger partial charge in [-0.05, 0) is 55.0 Å². The van der Waals surface area contributed by atoms with E-state index in [9.17, 15) is 0 Å². The topological polar surface area (TPSA) is 27.1 Å². The number of hydrogen-bond acceptors (Lipinski definition) is 2. The number of methoxy groups -OCH3 is 1. The first kappa shape index (κ1) is 19.2. The second-order valence-electron chi connectivity index (χ2n) is 7.78. The lowest BCUT2D eigenvalue weighted by Crippen LogP contribution is -2.01. The predicted octanol–water partition coefficient (Wildman–Crippen LogP) is 6.41. The van der Waals surface area contributed by atoms with E-state index in [-0.39, 0.29) is 0 Å². The second kappa shape index (κ2) is 7.59. The smallest absolute Gasteiger partial charge is 0.122 e. The summed E-state index contributed by atoms with van der Waals surface area (Å²) in [4.78, 5) is 0. The molecule has 0 unspecified atom stereocenters. The zero-order valence-electron chi connectivity index (χ0n) is 17.5. The molecule has 0 saturated carbocycles. The number of rotatable bonds is 5. The average Bonchev–Trinajstić information content (AvgIpc) is 2.95. The first-order chi connectivity index (χ1) is 12.8. The number of aryl methyl sites for hydroxylation is 1. The van der Waals surface area contributed by atoms with Crippen LogP contribution in [0.5, 0.6) is 5.75 Å². The van der Waals surface area contributed by atoms with Crippen molar-refractivity contribution < 1.29 is 4.74 Å². The van der Waals surface area contributed by atoms with Crippen LogP contribution in [0.1, 0.15) is 62.0 Å². The molecule has 0 aliphatic heterocycles. The summed E-state index contributed by atoms with van der Waals surface area (Å²) in [6.07, 6.45) is 0. The molecule has 142 valence electrons. The Labute approximate surface area is 163 Å². The summed E-state index contributed by atoms with van der Waals surface area (Å²) in [5.74, 6) is 1.80. The fraction of sp³-hybridized carbons (Fsp3) is 0.375. The quantitative estimate of drug-likeness (QED) is 0.524. The van der Waals surface area contributed by atoms with Gasteiger partial charge in [-0.2, -0.15) is 5.10 Å². The molecule has 0 amide bonds. The molecule has 0 aliphatic rings. The van der Waals surface area contributed by atoms with Crippen LogP contribution in [0.3, 0.4) is 0 Å². The Morgan fingerprint density at radius 1 is 0.926 bits per heavy atom. The lowest BCUT2D eigenvalue weighted by atomic mass is 9.90. The van der Waals surface area contributed by atoms with Crippen molar-refractivity contribution in [2.45, 2.75) is 53.4 Å². The minimum Gasteiger partial charge on any atom is -0.496 e. The molecule has 3 aromatic rings. The maximum absolute atomic E-state index is 5.65. The maximum atomic E-state index is 5.65. The van der Waals surface area contributed by atoms with E-state index in [1.165, 1.54) is 22.3 Å². The Bertz CT molecular complexity index is 951. The molecular formula is C24H30N2O. The molecule has 0 atom stereocenters. The Morgan fingerprint density at radius 3 is 2.26 bits per heavy atom. The van der Waals surface area contributed by atoms with Gasteiger partial charge in [0, 0.05) is 16.8 Å². The van der Waals surface area contributed by atoms with E-state index < -0.39 is 0 Å². The highest BCUT2D eigenvalue weighted by Gasteiger charge is 2.21. The fourth-order valence-corrected chi connectivity index (χ4v) is 3.84. The normalized spacial score (nSPS) is 11.4. The zero-order valence-corrected chi connectivity index (χ0v) is 17.5. The third-order valence-corrected chi connectivity index (χ3v) is 5.21. The highest BCUT2D eigenvalue weighted by atomic mass is 16.5. The zero-order chi connectivity index (χ0) is 19.7. The van der Waals surface area contributed by atoms with E-state index in [0.717, 1.165) is 22.8 Å². The minimum atomic E-state index is 0.363. The second-order valence-corrected chi connectivity index (χ2v) is 7.78. The van der Waals surface area contributed by atoms with Gasteiger partial charge in [0.2, 0.25) is 0 Å². The molecule has 3 nitrogen and oxygen atoms in total. The van der Waals surface area contributed by atoms with Crippen LogP contribution in [0.4, 0.5) is 0 Å². The Morgan fingerprint density at radius 2 is 1.63 bits per heavy atom. The molecule has 0 spiro atoms. The Kier molecular flexibility index (Phi) is 5.41. The van der Waals surface area contributed by atoms with Gasteiger partial charge in [-0.15, -0.1) is 0 Å². The number of ether oxygens (including phenoxy) is 1. The summed E-state index contributed by atoms with van der Waals surface area (Å²) < 4.78 is 7.72. The van der Waals surface area contributed by atoms with Gasteiger partial charge < -0.3 is 4.74 Å². The van der Waals surface area contributed by atoms with Crippen molar-refractivity contribution in [3.8, 4) is 22.6 Å². The molecule has 3 rings (SSSR count). The van der Waals surface area contributed by atoms with E-state index in [2.05, 4.69) is 82.6 Å². The first-order valence-electron chi connectivity index (χ1n) is 9.69. The van der Waals surface area contributed by atoms with Crippen molar-refractivity contribution in [3.05, 3.63) is 65.0 Å². The van der Waals surface area contributed by atoms with Crippen molar-refractivity contribution in [1.82, 2.24) is 9.78 Å². The van der Waals surface area contributed by atoms with Crippen molar-refractivity contribution in [2.24, 2.45) is 0 Å². The van der Waals surface area contributed by atoms with E-state index >= 15 is 0 Å². The number of aromatic nitrogens is 2.